The fourth-order valence-corrected chi connectivity index (χ4v) is 10.7. The summed E-state index contributed by atoms with van der Waals surface area (Å²) in [6.45, 7) is 4.09. The Kier molecular flexibility index (Phi) is 11.5. The summed E-state index contributed by atoms with van der Waals surface area (Å²) in [7, 11) is 1.82. The summed E-state index contributed by atoms with van der Waals surface area (Å²) in [4.78, 5) is 40.0. The van der Waals surface area contributed by atoms with Crippen LogP contribution in [0.25, 0.3) is 11.1 Å². The highest BCUT2D eigenvalue weighted by molar-refractivity contribution is 8.08. The summed E-state index contributed by atoms with van der Waals surface area (Å²) in [5.74, 6) is 0.804. The Hall–Kier alpha value is -3.29. The molecule has 2 fully saturated rings. The van der Waals surface area contributed by atoms with Crippen LogP contribution in [0.3, 0.4) is 0 Å². The number of amides is 3. The van der Waals surface area contributed by atoms with E-state index in [1.165, 1.54) is 29.2 Å². The van der Waals surface area contributed by atoms with E-state index in [1.807, 2.05) is 43.9 Å². The monoisotopic (exact) mass is 711 g/mol. The summed E-state index contributed by atoms with van der Waals surface area (Å²) in [6, 6.07) is 11.6. The first kappa shape index (κ1) is 34.6. The van der Waals surface area contributed by atoms with Gasteiger partial charge in [0, 0.05) is 67.1 Å². The largest absolute Gasteiger partial charge is 0.356 e. The van der Waals surface area contributed by atoms with Gasteiger partial charge in [0.05, 0.1) is 17.8 Å². The first-order valence-corrected chi connectivity index (χ1v) is 19.6. The van der Waals surface area contributed by atoms with Crippen molar-refractivity contribution in [1.82, 2.24) is 20.5 Å². The Bertz CT molecular complexity index is 1830. The second-order valence-corrected chi connectivity index (χ2v) is 15.8. The Morgan fingerprint density at radius 2 is 1.94 bits per heavy atom. The molecule has 1 aromatic carbocycles. The standard InChI is InChI=1S/C35H43FN6O3S3/c1-3-42-29(48-32(33(42)44)34-40(2)31-24(36)14-12-16-27(31)47-34)21-23-13-8-11-20-41(23)19-10-5-4-9-18-37-28(43)17-7-6-15-26-30-25(22-46-26)38-35(45)39-30/h8,11-14,16,20-21,25-26,30H,3-7,9-10,15,17-19,22H2,1-2H3,(H2-,37,38,39,43,45)/p+1/b34-32+/t25-,26-,30-/m0/s1. The van der Waals surface area contributed by atoms with E-state index in [1.54, 1.807) is 15.5 Å². The SMILES string of the molecule is CCn1c(=O)/c(=C2\Sc3cccc(F)c3N2C)s/c1=C\c1cccc[n+]1CCCCCCNC(=O)CCCC[C@@H]1SC[C@@H]2NC(=O)N[C@@H]21. The predicted octanol–water partition coefficient (Wildman–Crippen LogP) is 3.90. The zero-order valence-corrected chi connectivity index (χ0v) is 30.0. The number of benzene rings is 1. The number of anilines is 1. The van der Waals surface area contributed by atoms with Gasteiger partial charge in [-0.3, -0.25) is 14.2 Å². The first-order chi connectivity index (χ1) is 23.3. The number of urea groups is 1. The highest BCUT2D eigenvalue weighted by Gasteiger charge is 2.42. The summed E-state index contributed by atoms with van der Waals surface area (Å²) in [5, 5.41) is 10.3. The number of unbranched alkanes of at least 4 members (excludes halogenated alkanes) is 4. The molecule has 2 aromatic heterocycles. The molecular formula is C35H44FN6O3S3+. The molecule has 0 bridgehead atoms. The maximum atomic E-state index is 14.6. The lowest BCUT2D eigenvalue weighted by molar-refractivity contribution is -0.699. The summed E-state index contributed by atoms with van der Waals surface area (Å²) in [6.07, 6.45) is 11.7. The molecule has 0 unspecified atom stereocenters. The second kappa shape index (κ2) is 15.9. The maximum Gasteiger partial charge on any atom is 0.315 e. The Morgan fingerprint density at radius 3 is 2.77 bits per heavy atom. The van der Waals surface area contributed by atoms with Gasteiger partial charge in [0.15, 0.2) is 6.20 Å². The molecule has 5 heterocycles. The highest BCUT2D eigenvalue weighted by Crippen LogP contribution is 2.46. The number of carbonyl (C=O) groups is 2. The molecule has 48 heavy (non-hydrogen) atoms. The van der Waals surface area contributed by atoms with Crippen molar-refractivity contribution in [3.63, 3.8) is 0 Å². The number of nitrogens with zero attached hydrogens (tertiary/aromatic N) is 3. The van der Waals surface area contributed by atoms with E-state index < -0.39 is 0 Å². The number of hydrogen-bond acceptors (Lipinski definition) is 7. The molecule has 3 amide bonds. The molecule has 3 atom stereocenters. The third-order valence-corrected chi connectivity index (χ3v) is 13.2. The van der Waals surface area contributed by atoms with Crippen LogP contribution in [0.1, 0.15) is 64.0 Å². The molecular weight excluding hydrogens is 668 g/mol. The zero-order valence-electron chi connectivity index (χ0n) is 27.5. The number of hydrogen-bond donors (Lipinski definition) is 3. The molecule has 3 aliphatic heterocycles. The number of aromatic nitrogens is 2. The van der Waals surface area contributed by atoms with Gasteiger partial charge in [-0.15, -0.1) is 11.3 Å². The Balaban J connectivity index is 0.957. The molecule has 9 nitrogen and oxygen atoms in total. The average molecular weight is 712 g/mol. The number of thioether (sulfide) groups is 2. The van der Waals surface area contributed by atoms with E-state index >= 15 is 0 Å². The lowest BCUT2D eigenvalue weighted by atomic mass is 10.0. The number of nitrogens with one attached hydrogen (secondary N) is 3. The van der Waals surface area contributed by atoms with E-state index in [-0.39, 0.29) is 35.4 Å². The minimum Gasteiger partial charge on any atom is -0.356 e. The van der Waals surface area contributed by atoms with Crippen LogP contribution in [0, 0.1) is 5.82 Å². The van der Waals surface area contributed by atoms with Crippen LogP contribution in [0.2, 0.25) is 0 Å². The Labute approximate surface area is 293 Å². The minimum atomic E-state index is -0.286. The molecule has 3 N–H and O–H groups in total. The van der Waals surface area contributed by atoms with Gasteiger partial charge in [0.25, 0.3) is 5.56 Å². The van der Waals surface area contributed by atoms with E-state index in [0.29, 0.717) is 35.0 Å². The quantitative estimate of drug-likeness (QED) is 0.133. The van der Waals surface area contributed by atoms with Crippen molar-refractivity contribution >= 4 is 63.6 Å². The molecule has 0 saturated carbocycles. The number of halogens is 1. The van der Waals surface area contributed by atoms with Crippen molar-refractivity contribution in [2.75, 3.05) is 24.2 Å². The average Bonchev–Trinajstić information content (AvgIpc) is 3.81. The molecule has 6 rings (SSSR count). The number of rotatable bonds is 14. The van der Waals surface area contributed by atoms with Gasteiger partial charge in [-0.05, 0) is 50.8 Å². The van der Waals surface area contributed by atoms with Gasteiger partial charge in [-0.1, -0.05) is 30.7 Å². The third kappa shape index (κ3) is 7.78. The van der Waals surface area contributed by atoms with Crippen LogP contribution in [0.15, 0.2) is 52.3 Å². The molecule has 0 spiro atoms. The topological polar surface area (TPSA) is 99.3 Å². The van der Waals surface area contributed by atoms with Gasteiger partial charge in [0.1, 0.15) is 26.6 Å². The third-order valence-electron chi connectivity index (χ3n) is 9.19. The van der Waals surface area contributed by atoms with Crippen molar-refractivity contribution < 1.29 is 18.5 Å². The highest BCUT2D eigenvalue weighted by atomic mass is 32.2. The summed E-state index contributed by atoms with van der Waals surface area (Å²) in [5.41, 5.74) is 1.50. The lowest BCUT2D eigenvalue weighted by Gasteiger charge is -2.16. The van der Waals surface area contributed by atoms with Crippen LogP contribution < -0.4 is 40.2 Å². The number of carbonyl (C=O) groups excluding carboxylic acids is 2. The van der Waals surface area contributed by atoms with E-state index in [0.717, 1.165) is 77.5 Å². The van der Waals surface area contributed by atoms with E-state index in [2.05, 4.69) is 38.9 Å². The lowest BCUT2D eigenvalue weighted by Crippen LogP contribution is -2.38. The number of para-hydroxylation sites is 1. The zero-order chi connectivity index (χ0) is 33.6. The van der Waals surface area contributed by atoms with Crippen molar-refractivity contribution in [3.05, 3.63) is 73.7 Å². The molecule has 2 saturated heterocycles. The van der Waals surface area contributed by atoms with Gasteiger partial charge < -0.3 is 20.9 Å². The second-order valence-electron chi connectivity index (χ2n) is 12.5. The van der Waals surface area contributed by atoms with Gasteiger partial charge >= 0.3 is 6.03 Å². The maximum absolute atomic E-state index is 14.6. The summed E-state index contributed by atoms with van der Waals surface area (Å²) >= 11 is 4.82. The van der Waals surface area contributed by atoms with Crippen LogP contribution in [-0.2, 0) is 17.9 Å². The van der Waals surface area contributed by atoms with Gasteiger partial charge in [0.2, 0.25) is 11.6 Å². The Morgan fingerprint density at radius 1 is 1.08 bits per heavy atom. The van der Waals surface area contributed by atoms with Gasteiger partial charge in [-0.25, -0.2) is 9.18 Å². The molecule has 0 aliphatic carbocycles. The molecule has 256 valence electrons. The van der Waals surface area contributed by atoms with Crippen molar-refractivity contribution in [2.45, 2.75) is 93.6 Å². The van der Waals surface area contributed by atoms with Crippen LogP contribution >= 0.6 is 34.9 Å². The number of thiazole rings is 1. The fraction of sp³-hybridized carbons (Fsp3) is 0.486. The van der Waals surface area contributed by atoms with Crippen LogP contribution in [0.5, 0.6) is 0 Å². The predicted molar refractivity (Wildman–Crippen MR) is 193 cm³/mol. The van der Waals surface area contributed by atoms with E-state index in [9.17, 15) is 18.8 Å². The molecule has 3 aliphatic rings. The molecule has 13 heteroatoms. The van der Waals surface area contributed by atoms with Crippen molar-refractivity contribution in [2.24, 2.45) is 0 Å². The smallest absolute Gasteiger partial charge is 0.315 e. The first-order valence-electron chi connectivity index (χ1n) is 16.9. The van der Waals surface area contributed by atoms with Crippen LogP contribution in [0.4, 0.5) is 14.9 Å². The number of pyridine rings is 1. The van der Waals surface area contributed by atoms with Gasteiger partial charge in [-0.2, -0.15) is 16.3 Å². The minimum absolute atomic E-state index is 0.0508. The number of fused-ring (bicyclic) bond motifs is 2. The normalized spacial score (nSPS) is 21.3. The molecule has 3 aromatic rings. The van der Waals surface area contributed by atoms with Crippen molar-refractivity contribution in [1.29, 1.82) is 0 Å². The summed E-state index contributed by atoms with van der Waals surface area (Å²) < 4.78 is 20.1. The molecule has 0 radical (unpaired) electrons. The fourth-order valence-electron chi connectivity index (χ4n) is 6.65. The number of aryl methyl sites for hydroxylation is 1. The van der Waals surface area contributed by atoms with E-state index in [4.69, 9.17) is 0 Å². The van der Waals surface area contributed by atoms with Crippen LogP contribution in [-0.4, -0.2) is 53.2 Å². The van der Waals surface area contributed by atoms with Crippen molar-refractivity contribution in [3.8, 4) is 0 Å².